The van der Waals surface area contributed by atoms with Gasteiger partial charge in [0.05, 0.1) is 5.56 Å². The minimum atomic E-state index is -0.685. The summed E-state index contributed by atoms with van der Waals surface area (Å²) in [6.07, 6.45) is 1.54. The van der Waals surface area contributed by atoms with Crippen LogP contribution in [-0.4, -0.2) is 23.3 Å². The van der Waals surface area contributed by atoms with E-state index < -0.39 is 11.5 Å². The monoisotopic (exact) mass is 363 g/mol. The smallest absolute Gasteiger partial charge is 0.339 e. The molecule has 0 spiro atoms. The summed E-state index contributed by atoms with van der Waals surface area (Å²) in [5.41, 5.74) is 2.88. The first-order valence-corrected chi connectivity index (χ1v) is 8.97. The first kappa shape index (κ1) is 18.6. The number of ether oxygens (including phenoxy) is 1. The van der Waals surface area contributed by atoms with Crippen LogP contribution < -0.4 is 5.56 Å². The number of carbonyl (C=O) groups excluding carboxylic acids is 2. The Morgan fingerprint density at radius 1 is 0.963 bits per heavy atom. The molecule has 5 heteroatoms. The van der Waals surface area contributed by atoms with Crippen molar-refractivity contribution < 1.29 is 14.3 Å². The maximum atomic E-state index is 12.6. The fraction of sp³-hybridized carbons (Fsp3) is 0.227. The van der Waals surface area contributed by atoms with Crippen LogP contribution in [0.1, 0.15) is 45.7 Å². The molecular formula is C22H21NO4. The van der Waals surface area contributed by atoms with Crippen LogP contribution in [0, 0.1) is 0 Å². The van der Waals surface area contributed by atoms with Crippen LogP contribution in [-0.2, 0) is 17.6 Å². The van der Waals surface area contributed by atoms with Crippen molar-refractivity contribution in [3.05, 3.63) is 81.1 Å². The van der Waals surface area contributed by atoms with Crippen molar-refractivity contribution in [2.75, 3.05) is 6.61 Å². The Kier molecular flexibility index (Phi) is 5.50. The van der Waals surface area contributed by atoms with Crippen molar-refractivity contribution in [1.82, 2.24) is 4.98 Å². The zero-order valence-corrected chi connectivity index (χ0v) is 15.4. The molecule has 0 amide bonds. The largest absolute Gasteiger partial charge is 0.454 e. The highest BCUT2D eigenvalue weighted by Gasteiger charge is 2.17. The molecule has 0 fully saturated rings. The Labute approximate surface area is 157 Å². The van der Waals surface area contributed by atoms with Crippen molar-refractivity contribution in [3.8, 4) is 0 Å². The van der Waals surface area contributed by atoms with Gasteiger partial charge in [-0.15, -0.1) is 0 Å². The van der Waals surface area contributed by atoms with Gasteiger partial charge in [-0.25, -0.2) is 4.79 Å². The number of aromatic amines is 1. The van der Waals surface area contributed by atoms with Crippen molar-refractivity contribution in [1.29, 1.82) is 0 Å². The van der Waals surface area contributed by atoms with Gasteiger partial charge in [0.2, 0.25) is 11.3 Å². The maximum Gasteiger partial charge on any atom is 0.339 e. The SMILES string of the molecule is CCc1ccc(CC)c(C(=O)COC(=O)c2cc(=O)[nH]c3ccccc23)c1. The van der Waals surface area contributed by atoms with Crippen LogP contribution in [0.5, 0.6) is 0 Å². The van der Waals surface area contributed by atoms with Gasteiger partial charge in [-0.05, 0) is 36.1 Å². The maximum absolute atomic E-state index is 12.6. The van der Waals surface area contributed by atoms with Crippen LogP contribution in [0.4, 0.5) is 0 Å². The number of Topliss-reactive ketones (excluding diaryl/α,β-unsaturated/α-hetero) is 1. The molecule has 3 rings (SSSR count). The molecule has 3 aromatic rings. The first-order valence-electron chi connectivity index (χ1n) is 8.97. The first-order chi connectivity index (χ1) is 13.0. The lowest BCUT2D eigenvalue weighted by Crippen LogP contribution is -2.18. The van der Waals surface area contributed by atoms with Crippen molar-refractivity contribution >= 4 is 22.7 Å². The van der Waals surface area contributed by atoms with Crippen LogP contribution in [0.2, 0.25) is 0 Å². The van der Waals surface area contributed by atoms with Crippen molar-refractivity contribution in [3.63, 3.8) is 0 Å². The molecule has 1 aromatic heterocycles. The van der Waals surface area contributed by atoms with E-state index in [0.717, 1.165) is 24.0 Å². The van der Waals surface area contributed by atoms with Crippen molar-refractivity contribution in [2.45, 2.75) is 26.7 Å². The summed E-state index contributed by atoms with van der Waals surface area (Å²) in [6, 6.07) is 14.0. The number of para-hydroxylation sites is 1. The molecule has 0 aliphatic rings. The molecule has 0 saturated heterocycles. The lowest BCUT2D eigenvalue weighted by molar-refractivity contribution is 0.0476. The second kappa shape index (κ2) is 7.99. The molecule has 5 nitrogen and oxygen atoms in total. The molecule has 138 valence electrons. The van der Waals surface area contributed by atoms with E-state index in [1.165, 1.54) is 6.07 Å². The third-order valence-electron chi connectivity index (χ3n) is 4.57. The van der Waals surface area contributed by atoms with E-state index in [1.807, 2.05) is 32.0 Å². The number of pyridine rings is 1. The molecule has 1 N–H and O–H groups in total. The number of carbonyl (C=O) groups is 2. The van der Waals surface area contributed by atoms with Gasteiger partial charge in [0.15, 0.2) is 6.61 Å². The summed E-state index contributed by atoms with van der Waals surface area (Å²) >= 11 is 0. The predicted molar refractivity (Wildman–Crippen MR) is 104 cm³/mol. The van der Waals surface area contributed by atoms with Crippen LogP contribution in [0.15, 0.2) is 53.3 Å². The molecule has 0 radical (unpaired) electrons. The van der Waals surface area contributed by atoms with Gasteiger partial charge in [0.1, 0.15) is 0 Å². The summed E-state index contributed by atoms with van der Waals surface area (Å²) in [5, 5.41) is 0.580. The summed E-state index contributed by atoms with van der Waals surface area (Å²) < 4.78 is 5.24. The zero-order chi connectivity index (χ0) is 19.4. The van der Waals surface area contributed by atoms with Gasteiger partial charge in [0, 0.05) is 22.5 Å². The number of nitrogens with one attached hydrogen (secondary N) is 1. The Balaban J connectivity index is 1.83. The van der Waals surface area contributed by atoms with E-state index in [1.54, 1.807) is 24.3 Å². The second-order valence-electron chi connectivity index (χ2n) is 6.29. The van der Waals surface area contributed by atoms with E-state index in [-0.39, 0.29) is 18.0 Å². The van der Waals surface area contributed by atoms with Gasteiger partial charge in [-0.1, -0.05) is 44.2 Å². The average Bonchev–Trinajstić information content (AvgIpc) is 2.70. The molecule has 0 saturated carbocycles. The molecule has 2 aromatic carbocycles. The number of esters is 1. The molecule has 0 unspecified atom stereocenters. The van der Waals surface area contributed by atoms with E-state index in [9.17, 15) is 14.4 Å². The van der Waals surface area contributed by atoms with E-state index in [0.29, 0.717) is 16.5 Å². The highest BCUT2D eigenvalue weighted by Crippen LogP contribution is 2.17. The molecule has 0 aliphatic heterocycles. The Morgan fingerprint density at radius 2 is 1.74 bits per heavy atom. The van der Waals surface area contributed by atoms with Gasteiger partial charge in [-0.3, -0.25) is 9.59 Å². The number of H-pyrrole nitrogens is 1. The molecule has 27 heavy (non-hydrogen) atoms. The highest BCUT2D eigenvalue weighted by molar-refractivity contribution is 6.05. The zero-order valence-electron chi connectivity index (χ0n) is 15.4. The predicted octanol–water partition coefficient (Wildman–Crippen LogP) is 3.69. The van der Waals surface area contributed by atoms with Gasteiger partial charge >= 0.3 is 5.97 Å². The fourth-order valence-electron chi connectivity index (χ4n) is 3.07. The fourth-order valence-corrected chi connectivity index (χ4v) is 3.07. The summed E-state index contributed by atoms with van der Waals surface area (Å²) in [6.45, 7) is 3.64. The number of aryl methyl sites for hydroxylation is 2. The highest BCUT2D eigenvalue weighted by atomic mass is 16.5. The molecule has 0 aliphatic carbocycles. The van der Waals surface area contributed by atoms with Gasteiger partial charge in [-0.2, -0.15) is 0 Å². The van der Waals surface area contributed by atoms with Gasteiger partial charge in [0.25, 0.3) is 0 Å². The van der Waals surface area contributed by atoms with Gasteiger partial charge < -0.3 is 9.72 Å². The normalized spacial score (nSPS) is 10.7. The molecular weight excluding hydrogens is 342 g/mol. The van der Waals surface area contributed by atoms with Crippen molar-refractivity contribution in [2.24, 2.45) is 0 Å². The number of rotatable bonds is 6. The van der Waals surface area contributed by atoms with E-state index >= 15 is 0 Å². The minimum absolute atomic E-state index is 0.153. The molecule has 0 atom stereocenters. The lowest BCUT2D eigenvalue weighted by atomic mass is 9.98. The standard InChI is InChI=1S/C22H21NO4/c1-3-14-9-10-15(4-2)17(11-14)20(24)13-27-22(26)18-12-21(25)23-19-8-6-5-7-16(18)19/h5-12H,3-4,13H2,1-2H3,(H,23,25). The second-order valence-corrected chi connectivity index (χ2v) is 6.29. The Bertz CT molecular complexity index is 1070. The third-order valence-corrected chi connectivity index (χ3v) is 4.57. The lowest BCUT2D eigenvalue weighted by Gasteiger charge is -2.10. The van der Waals surface area contributed by atoms with Crippen LogP contribution in [0.3, 0.4) is 0 Å². The number of ketones is 1. The quantitative estimate of drug-likeness (QED) is 0.535. The summed E-state index contributed by atoms with van der Waals surface area (Å²) in [5.74, 6) is -0.931. The number of hydrogen-bond donors (Lipinski definition) is 1. The number of fused-ring (bicyclic) bond motifs is 1. The topological polar surface area (TPSA) is 76.2 Å². The number of hydrogen-bond acceptors (Lipinski definition) is 4. The number of benzene rings is 2. The molecule has 0 bridgehead atoms. The molecule has 1 heterocycles. The average molecular weight is 363 g/mol. The Hall–Kier alpha value is -3.21. The van der Waals surface area contributed by atoms with E-state index in [2.05, 4.69) is 4.98 Å². The van der Waals surface area contributed by atoms with E-state index in [4.69, 9.17) is 4.74 Å². The Morgan fingerprint density at radius 3 is 2.48 bits per heavy atom. The summed E-state index contributed by atoms with van der Waals surface area (Å²) in [4.78, 5) is 39.6. The number of aromatic nitrogens is 1. The minimum Gasteiger partial charge on any atom is -0.454 e. The van der Waals surface area contributed by atoms with Crippen LogP contribution in [0.25, 0.3) is 10.9 Å². The third kappa shape index (κ3) is 3.97. The summed E-state index contributed by atoms with van der Waals surface area (Å²) in [7, 11) is 0. The van der Waals surface area contributed by atoms with Crippen LogP contribution >= 0.6 is 0 Å².